The van der Waals surface area contributed by atoms with Crippen LogP contribution in [0.2, 0.25) is 52.4 Å². The fourth-order valence-electron chi connectivity index (χ4n) is 2.15. The normalized spacial score (nSPS) is 17.4. The summed E-state index contributed by atoms with van der Waals surface area (Å²) < 4.78 is 23.5. The molecule has 1 atom stereocenters. The molecule has 116 valence electrons. The van der Waals surface area contributed by atoms with Gasteiger partial charge in [-0.15, -0.1) is 0 Å². The molecule has 1 N–H and O–H groups in total. The highest BCUT2D eigenvalue weighted by atomic mass is 28.5. The molecule has 0 bridgehead atoms. The molecule has 0 radical (unpaired) electrons. The van der Waals surface area contributed by atoms with Crippen LogP contribution in [0.5, 0.6) is 0 Å². The second-order valence-corrected chi connectivity index (χ2v) is 21.8. The van der Waals surface area contributed by atoms with E-state index >= 15 is 0 Å². The van der Waals surface area contributed by atoms with Crippen molar-refractivity contribution in [1.82, 2.24) is 0 Å². The molecule has 0 fully saturated rings. The number of rotatable bonds is 8. The van der Waals surface area contributed by atoms with E-state index < -0.39 is 34.0 Å². The van der Waals surface area contributed by atoms with Crippen LogP contribution >= 0.6 is 0 Å². The first kappa shape index (κ1) is 19.7. The maximum atomic E-state index is 10.0. The van der Waals surface area contributed by atoms with Gasteiger partial charge in [0.15, 0.2) is 8.32 Å². The van der Waals surface area contributed by atoms with Gasteiger partial charge in [-0.25, -0.2) is 0 Å². The molecule has 0 saturated heterocycles. The summed E-state index contributed by atoms with van der Waals surface area (Å²) in [5, 5.41) is 0. The molecule has 0 aliphatic heterocycles. The van der Waals surface area contributed by atoms with E-state index in [1.165, 1.54) is 0 Å². The summed E-state index contributed by atoms with van der Waals surface area (Å²) in [5.74, 6) is 0. The predicted molar refractivity (Wildman–Crippen MR) is 87.3 cm³/mol. The summed E-state index contributed by atoms with van der Waals surface area (Å²) in [6, 6.07) is 0. The number of methoxy groups -OCH3 is 1. The summed E-state index contributed by atoms with van der Waals surface area (Å²) in [6.45, 7) is 15.9. The molecule has 0 aromatic heterocycles. The van der Waals surface area contributed by atoms with Crippen LogP contribution < -0.4 is 0 Å². The van der Waals surface area contributed by atoms with Gasteiger partial charge in [-0.2, -0.15) is 0 Å². The van der Waals surface area contributed by atoms with E-state index in [4.69, 9.17) is 17.1 Å². The van der Waals surface area contributed by atoms with E-state index in [1.807, 2.05) is 19.6 Å². The molecule has 1 unspecified atom stereocenters. The second kappa shape index (κ2) is 6.62. The summed E-state index contributed by atoms with van der Waals surface area (Å²) in [7, 11) is -7.55. The van der Waals surface area contributed by atoms with Crippen LogP contribution in [0, 0.1) is 0 Å². The molecule has 0 amide bonds. The molecule has 0 aliphatic carbocycles. The highest BCUT2D eigenvalue weighted by molar-refractivity contribution is 6.88. The van der Waals surface area contributed by atoms with Gasteiger partial charge in [-0.05, 0) is 52.4 Å². The highest BCUT2D eigenvalue weighted by Crippen LogP contribution is 2.23. The summed E-state index contributed by atoms with van der Waals surface area (Å²) in [4.78, 5) is 10.0. The average Bonchev–Trinajstić information content (AvgIpc) is 1.90. The molecule has 0 spiro atoms. The predicted octanol–water partition coefficient (Wildman–Crippen LogP) is 2.52. The monoisotopic (exact) mass is 342 g/mol. The smallest absolute Gasteiger partial charge is 0.344 e. The van der Waals surface area contributed by atoms with Crippen molar-refractivity contribution in [3.8, 4) is 0 Å². The Bertz CT molecular complexity index is 287. The molecule has 19 heavy (non-hydrogen) atoms. The average molecular weight is 343 g/mol. The van der Waals surface area contributed by atoms with Crippen LogP contribution in [-0.4, -0.2) is 52.1 Å². The minimum Gasteiger partial charge on any atom is -0.437 e. The molecule has 0 saturated carbocycles. The Hall–Kier alpha value is 0.668. The first-order valence-electron chi connectivity index (χ1n) is 6.50. The maximum absolute atomic E-state index is 10.0. The van der Waals surface area contributed by atoms with Gasteiger partial charge in [-0.1, -0.05) is 0 Å². The Morgan fingerprint density at radius 2 is 1.26 bits per heavy atom. The lowest BCUT2D eigenvalue weighted by molar-refractivity contribution is 0.192. The first-order chi connectivity index (χ1) is 8.18. The van der Waals surface area contributed by atoms with E-state index in [-0.39, 0.29) is 0 Å². The van der Waals surface area contributed by atoms with E-state index in [0.29, 0.717) is 6.23 Å². The second-order valence-electron chi connectivity index (χ2n) is 6.83. The minimum atomic E-state index is -2.65. The molecule has 0 rings (SSSR count). The quantitative estimate of drug-likeness (QED) is 0.687. The Balaban J connectivity index is 4.91. The Labute approximate surface area is 122 Å². The van der Waals surface area contributed by atoms with E-state index in [2.05, 4.69) is 19.6 Å². The number of hydrogen-bond acceptors (Lipinski definition) is 5. The standard InChI is InChI=1S/C10H30O5Si4/c1-12-10-19(9,14-17(5,6)11)15-18(7,8)13-16(2,3)4/h11H,10H2,1-9H3. The van der Waals surface area contributed by atoms with Gasteiger partial charge >= 0.3 is 25.7 Å². The zero-order chi connectivity index (χ0) is 15.5. The SMILES string of the molecule is COC[Si](C)(O[Si](C)(C)O)O[Si](C)(C)O[Si](C)(C)C. The maximum Gasteiger partial charge on any atom is 0.344 e. The molecule has 9 heteroatoms. The third kappa shape index (κ3) is 10.1. The van der Waals surface area contributed by atoms with E-state index in [9.17, 15) is 4.80 Å². The van der Waals surface area contributed by atoms with Gasteiger partial charge in [0.25, 0.3) is 0 Å². The largest absolute Gasteiger partial charge is 0.437 e. The summed E-state index contributed by atoms with van der Waals surface area (Å²) >= 11 is 0. The topological polar surface area (TPSA) is 57.2 Å². The van der Waals surface area contributed by atoms with E-state index in [0.717, 1.165) is 0 Å². The van der Waals surface area contributed by atoms with E-state index in [1.54, 1.807) is 20.2 Å². The van der Waals surface area contributed by atoms with Crippen LogP contribution in [0.4, 0.5) is 0 Å². The molecule has 0 aliphatic rings. The minimum absolute atomic E-state index is 0.398. The zero-order valence-electron chi connectivity index (χ0n) is 13.8. The molecular weight excluding hydrogens is 312 g/mol. The van der Waals surface area contributed by atoms with Crippen molar-refractivity contribution in [2.24, 2.45) is 0 Å². The third-order valence-electron chi connectivity index (χ3n) is 1.89. The summed E-state index contributed by atoms with van der Waals surface area (Å²) in [6.07, 6.45) is 0.398. The number of ether oxygens (including phenoxy) is 1. The van der Waals surface area contributed by atoms with Gasteiger partial charge in [0, 0.05) is 7.11 Å². The zero-order valence-corrected chi connectivity index (χ0v) is 17.8. The van der Waals surface area contributed by atoms with Crippen LogP contribution in [0.3, 0.4) is 0 Å². The number of hydrogen-bond donors (Lipinski definition) is 1. The van der Waals surface area contributed by atoms with Crippen LogP contribution in [0.25, 0.3) is 0 Å². The van der Waals surface area contributed by atoms with Gasteiger partial charge in [0.05, 0.1) is 6.23 Å². The van der Waals surface area contributed by atoms with Gasteiger partial charge in [-0.3, -0.25) is 0 Å². The van der Waals surface area contributed by atoms with Crippen molar-refractivity contribution < 1.29 is 21.9 Å². The van der Waals surface area contributed by atoms with Crippen LogP contribution in [0.15, 0.2) is 0 Å². The van der Waals surface area contributed by atoms with Gasteiger partial charge in [0.2, 0.25) is 0 Å². The van der Waals surface area contributed by atoms with Gasteiger partial charge < -0.3 is 21.9 Å². The van der Waals surface area contributed by atoms with Crippen molar-refractivity contribution in [2.45, 2.75) is 52.4 Å². The fraction of sp³-hybridized carbons (Fsp3) is 1.00. The lowest BCUT2D eigenvalue weighted by Gasteiger charge is -2.40. The molecule has 5 nitrogen and oxygen atoms in total. The van der Waals surface area contributed by atoms with Crippen LogP contribution in [-0.2, 0) is 17.1 Å². The van der Waals surface area contributed by atoms with Crippen LogP contribution in [0.1, 0.15) is 0 Å². The third-order valence-corrected chi connectivity index (χ3v) is 14.5. The lowest BCUT2D eigenvalue weighted by atomic mass is 11.5. The molecule has 0 heterocycles. The molecule has 0 aromatic rings. The Morgan fingerprint density at radius 3 is 1.58 bits per heavy atom. The first-order valence-corrected chi connectivity index (χ1v) is 18.1. The fourth-order valence-corrected chi connectivity index (χ4v) is 18.5. The van der Waals surface area contributed by atoms with Crippen molar-refractivity contribution >= 4 is 34.0 Å². The lowest BCUT2D eigenvalue weighted by Crippen LogP contribution is -2.59. The molecular formula is C10H30O5Si4. The highest BCUT2D eigenvalue weighted by Gasteiger charge is 2.45. The molecule has 0 aromatic carbocycles. The Morgan fingerprint density at radius 1 is 0.789 bits per heavy atom. The summed E-state index contributed by atoms with van der Waals surface area (Å²) in [5.41, 5.74) is 0. The van der Waals surface area contributed by atoms with Crippen molar-refractivity contribution in [3.05, 3.63) is 0 Å². The van der Waals surface area contributed by atoms with Gasteiger partial charge in [0.1, 0.15) is 0 Å². The van der Waals surface area contributed by atoms with Crippen molar-refractivity contribution in [2.75, 3.05) is 13.3 Å². The van der Waals surface area contributed by atoms with Crippen molar-refractivity contribution in [3.63, 3.8) is 0 Å². The Kier molecular flexibility index (Phi) is 6.85. The van der Waals surface area contributed by atoms with Crippen molar-refractivity contribution in [1.29, 1.82) is 0 Å².